The maximum atomic E-state index is 12.2. The summed E-state index contributed by atoms with van der Waals surface area (Å²) in [4.78, 5) is 23.6. The Balaban J connectivity index is 1.80. The maximum absolute atomic E-state index is 12.2. The van der Waals surface area contributed by atoms with Gasteiger partial charge in [-0.15, -0.1) is 0 Å². The van der Waals surface area contributed by atoms with Crippen molar-refractivity contribution >= 4 is 12.0 Å². The van der Waals surface area contributed by atoms with Crippen molar-refractivity contribution in [1.29, 1.82) is 0 Å². The second-order valence-corrected chi connectivity index (χ2v) is 6.84. The molecule has 6 nitrogen and oxygen atoms in total. The molecule has 4 N–H and O–H groups in total. The van der Waals surface area contributed by atoms with Gasteiger partial charge in [-0.3, -0.25) is 4.79 Å². The maximum Gasteiger partial charge on any atom is 0.412 e. The lowest BCUT2D eigenvalue weighted by Gasteiger charge is -2.22. The fraction of sp³-hybridized carbons (Fsp3) is 0.333. The molecule has 0 radical (unpaired) electrons. The summed E-state index contributed by atoms with van der Waals surface area (Å²) in [6, 6.07) is 12.1. The van der Waals surface area contributed by atoms with Gasteiger partial charge < -0.3 is 20.9 Å². The average molecular weight is 368 g/mol. The number of rotatable bonds is 5. The number of carbonyl (C=O) groups is 2. The molecular weight excluding hydrogens is 344 g/mol. The minimum absolute atomic E-state index is 0.152. The van der Waals surface area contributed by atoms with Gasteiger partial charge in [0.1, 0.15) is 5.75 Å². The van der Waals surface area contributed by atoms with E-state index in [1.807, 2.05) is 6.07 Å². The zero-order valence-corrected chi connectivity index (χ0v) is 15.1. The molecule has 1 fully saturated rings. The third-order valence-corrected chi connectivity index (χ3v) is 4.77. The van der Waals surface area contributed by atoms with Crippen LogP contribution in [0.25, 0.3) is 11.1 Å². The van der Waals surface area contributed by atoms with Crippen LogP contribution in [-0.4, -0.2) is 23.1 Å². The highest BCUT2D eigenvalue weighted by Crippen LogP contribution is 2.27. The van der Waals surface area contributed by atoms with Gasteiger partial charge in [-0.1, -0.05) is 31.4 Å². The third-order valence-electron chi connectivity index (χ3n) is 4.77. The first-order valence-electron chi connectivity index (χ1n) is 9.18. The number of primary amides is 1. The van der Waals surface area contributed by atoms with E-state index < -0.39 is 12.0 Å². The van der Waals surface area contributed by atoms with Gasteiger partial charge in [0.2, 0.25) is 5.91 Å². The summed E-state index contributed by atoms with van der Waals surface area (Å²) in [5.74, 6) is -0.173. The van der Waals surface area contributed by atoms with Crippen molar-refractivity contribution in [2.24, 2.45) is 5.73 Å². The first-order chi connectivity index (χ1) is 13.0. The van der Waals surface area contributed by atoms with Crippen LogP contribution in [0.5, 0.6) is 5.75 Å². The summed E-state index contributed by atoms with van der Waals surface area (Å²) < 4.78 is 5.45. The number of carbonyl (C=O) groups excluding carboxylic acids is 2. The molecule has 6 heteroatoms. The van der Waals surface area contributed by atoms with Gasteiger partial charge in [0.25, 0.3) is 0 Å². The van der Waals surface area contributed by atoms with Crippen LogP contribution in [0, 0.1) is 0 Å². The van der Waals surface area contributed by atoms with Gasteiger partial charge >= 0.3 is 6.09 Å². The second kappa shape index (κ2) is 8.68. The first kappa shape index (κ1) is 18.9. The van der Waals surface area contributed by atoms with Crippen LogP contribution >= 0.6 is 0 Å². The second-order valence-electron chi connectivity index (χ2n) is 6.84. The highest BCUT2D eigenvalue weighted by Gasteiger charge is 2.17. The predicted octanol–water partition coefficient (Wildman–Crippen LogP) is 3.37. The highest BCUT2D eigenvalue weighted by molar-refractivity contribution is 5.94. The molecule has 1 saturated carbocycles. The van der Waals surface area contributed by atoms with E-state index in [-0.39, 0.29) is 12.6 Å². The van der Waals surface area contributed by atoms with E-state index in [0.717, 1.165) is 36.8 Å². The van der Waals surface area contributed by atoms with Crippen molar-refractivity contribution in [2.75, 3.05) is 0 Å². The van der Waals surface area contributed by atoms with Gasteiger partial charge in [0.05, 0.1) is 6.61 Å². The van der Waals surface area contributed by atoms with E-state index in [9.17, 15) is 14.7 Å². The van der Waals surface area contributed by atoms with Crippen molar-refractivity contribution < 1.29 is 19.4 Å². The summed E-state index contributed by atoms with van der Waals surface area (Å²) in [7, 11) is 0. The number of nitrogens with one attached hydrogen (secondary N) is 1. The Morgan fingerprint density at radius 1 is 1.07 bits per heavy atom. The van der Waals surface area contributed by atoms with E-state index in [4.69, 9.17) is 10.5 Å². The van der Waals surface area contributed by atoms with Crippen LogP contribution in [0.1, 0.15) is 48.0 Å². The number of amides is 2. The molecule has 2 aromatic rings. The lowest BCUT2D eigenvalue weighted by Crippen LogP contribution is -2.38. The fourth-order valence-electron chi connectivity index (χ4n) is 3.38. The smallest absolute Gasteiger partial charge is 0.410 e. The molecule has 0 atom stereocenters. The Morgan fingerprint density at radius 3 is 2.56 bits per heavy atom. The molecule has 0 saturated heterocycles. The van der Waals surface area contributed by atoms with Crippen molar-refractivity contribution in [1.82, 2.24) is 5.32 Å². The SMILES string of the molecule is NC(=O)c1cccc(-c2cc(CO)cc(OC(=O)NC3CCCCC3)c2)c1. The molecule has 3 rings (SSSR count). The summed E-state index contributed by atoms with van der Waals surface area (Å²) in [6.45, 7) is -0.191. The topological polar surface area (TPSA) is 102 Å². The predicted molar refractivity (Wildman–Crippen MR) is 102 cm³/mol. The van der Waals surface area contributed by atoms with E-state index in [0.29, 0.717) is 16.9 Å². The zero-order valence-electron chi connectivity index (χ0n) is 15.1. The molecule has 0 bridgehead atoms. The Kier molecular flexibility index (Phi) is 6.08. The highest BCUT2D eigenvalue weighted by atomic mass is 16.6. The Morgan fingerprint density at radius 2 is 1.85 bits per heavy atom. The van der Waals surface area contributed by atoms with Crippen molar-refractivity contribution in [3.63, 3.8) is 0 Å². The Hall–Kier alpha value is -2.86. The number of ether oxygens (including phenoxy) is 1. The van der Waals surface area contributed by atoms with Gasteiger partial charge in [0, 0.05) is 11.6 Å². The molecular formula is C21H24N2O4. The van der Waals surface area contributed by atoms with Gasteiger partial charge in [-0.05, 0) is 59.9 Å². The van der Waals surface area contributed by atoms with Gasteiger partial charge in [-0.25, -0.2) is 4.79 Å². The molecule has 0 aromatic heterocycles. The van der Waals surface area contributed by atoms with Crippen molar-refractivity contribution in [2.45, 2.75) is 44.8 Å². The number of aliphatic hydroxyl groups excluding tert-OH is 1. The van der Waals surface area contributed by atoms with Crippen LogP contribution in [-0.2, 0) is 6.61 Å². The Labute approximate surface area is 158 Å². The lowest BCUT2D eigenvalue weighted by atomic mass is 9.96. The normalized spacial score (nSPS) is 14.6. The minimum atomic E-state index is -0.515. The summed E-state index contributed by atoms with van der Waals surface area (Å²) in [5.41, 5.74) is 7.82. The molecule has 2 amide bonds. The van der Waals surface area contributed by atoms with Crippen molar-refractivity contribution in [3.05, 3.63) is 53.6 Å². The summed E-state index contributed by atoms with van der Waals surface area (Å²) in [5, 5.41) is 12.4. The standard InChI is InChI=1S/C21H24N2O4/c22-20(25)16-6-4-5-15(11-16)17-9-14(13-24)10-19(12-17)27-21(26)23-18-7-2-1-3-8-18/h4-6,9-12,18,24H,1-3,7-8,13H2,(H2,22,25)(H,23,26). The number of hydrogen-bond acceptors (Lipinski definition) is 4. The molecule has 142 valence electrons. The molecule has 0 spiro atoms. The first-order valence-corrected chi connectivity index (χ1v) is 9.18. The number of aliphatic hydroxyl groups is 1. The number of benzene rings is 2. The Bertz CT molecular complexity index is 829. The van der Waals surface area contributed by atoms with Crippen LogP contribution in [0.15, 0.2) is 42.5 Å². The fourth-order valence-corrected chi connectivity index (χ4v) is 3.38. The third kappa shape index (κ3) is 5.08. The molecule has 1 aliphatic rings. The van der Waals surface area contributed by atoms with Crippen LogP contribution in [0.4, 0.5) is 4.79 Å². The molecule has 27 heavy (non-hydrogen) atoms. The van der Waals surface area contributed by atoms with Crippen molar-refractivity contribution in [3.8, 4) is 16.9 Å². The van der Waals surface area contributed by atoms with Crippen LogP contribution < -0.4 is 15.8 Å². The number of hydrogen-bond donors (Lipinski definition) is 3. The van der Waals surface area contributed by atoms with E-state index >= 15 is 0 Å². The van der Waals surface area contributed by atoms with E-state index in [1.54, 1.807) is 36.4 Å². The lowest BCUT2D eigenvalue weighted by molar-refractivity contribution is 0.1000. The van der Waals surface area contributed by atoms with E-state index in [2.05, 4.69) is 5.32 Å². The van der Waals surface area contributed by atoms with Gasteiger partial charge in [0.15, 0.2) is 0 Å². The zero-order chi connectivity index (χ0) is 19.2. The summed E-state index contributed by atoms with van der Waals surface area (Å²) in [6.07, 6.45) is 4.89. The quantitative estimate of drug-likeness (QED) is 0.753. The summed E-state index contributed by atoms with van der Waals surface area (Å²) >= 11 is 0. The van der Waals surface area contributed by atoms with E-state index in [1.165, 1.54) is 6.42 Å². The van der Waals surface area contributed by atoms with Crippen LogP contribution in [0.2, 0.25) is 0 Å². The molecule has 0 unspecified atom stereocenters. The molecule has 0 aliphatic heterocycles. The van der Waals surface area contributed by atoms with Gasteiger partial charge in [-0.2, -0.15) is 0 Å². The molecule has 2 aromatic carbocycles. The molecule has 0 heterocycles. The molecule has 1 aliphatic carbocycles. The largest absolute Gasteiger partial charge is 0.412 e. The monoisotopic (exact) mass is 368 g/mol. The average Bonchev–Trinajstić information content (AvgIpc) is 2.68. The van der Waals surface area contributed by atoms with Crippen LogP contribution in [0.3, 0.4) is 0 Å². The minimum Gasteiger partial charge on any atom is -0.410 e. The number of nitrogens with two attached hydrogens (primary N) is 1.